The molecular formula is C9H15NO3. The zero-order valence-corrected chi connectivity index (χ0v) is 7.75. The largest absolute Gasteiger partial charge is 0.481 e. The smallest absolute Gasteiger partial charge is 0.303 e. The first-order valence-corrected chi connectivity index (χ1v) is 4.14. The molecule has 0 saturated carbocycles. The highest BCUT2D eigenvalue weighted by Gasteiger charge is 2.15. The first-order chi connectivity index (χ1) is 6.11. The van der Waals surface area contributed by atoms with Crippen molar-refractivity contribution in [2.45, 2.75) is 25.3 Å². The van der Waals surface area contributed by atoms with Crippen LogP contribution in [0, 0.1) is 0 Å². The van der Waals surface area contributed by atoms with E-state index in [1.165, 1.54) is 0 Å². The van der Waals surface area contributed by atoms with Gasteiger partial charge in [0, 0.05) is 6.42 Å². The van der Waals surface area contributed by atoms with Crippen LogP contribution in [0.3, 0.4) is 0 Å². The lowest BCUT2D eigenvalue weighted by Crippen LogP contribution is -2.33. The third-order valence-electron chi connectivity index (χ3n) is 1.72. The molecule has 0 aliphatic rings. The molecule has 0 fully saturated rings. The molecule has 0 rings (SSSR count). The van der Waals surface area contributed by atoms with Crippen LogP contribution >= 0.6 is 0 Å². The molecule has 1 atom stereocenters. The predicted octanol–water partition coefficient (Wildman–Crippen LogP) is 0.584. The van der Waals surface area contributed by atoms with Crippen molar-refractivity contribution in [3.63, 3.8) is 0 Å². The van der Waals surface area contributed by atoms with E-state index in [1.54, 1.807) is 13.1 Å². The number of carbonyl (C=O) groups is 2. The summed E-state index contributed by atoms with van der Waals surface area (Å²) in [5, 5.41) is 11.2. The van der Waals surface area contributed by atoms with Crippen LogP contribution in [0.25, 0.3) is 0 Å². The van der Waals surface area contributed by atoms with Crippen LogP contribution in [0.4, 0.5) is 0 Å². The van der Waals surface area contributed by atoms with Crippen LogP contribution < -0.4 is 5.32 Å². The van der Waals surface area contributed by atoms with Crippen LogP contribution in [0.15, 0.2) is 12.7 Å². The normalized spacial score (nSPS) is 12.1. The molecule has 0 spiro atoms. The number of nitrogens with one attached hydrogen (secondary N) is 1. The summed E-state index contributed by atoms with van der Waals surface area (Å²) < 4.78 is 0. The lowest BCUT2D eigenvalue weighted by molar-refractivity contribution is -0.138. The van der Waals surface area contributed by atoms with Crippen molar-refractivity contribution in [3.8, 4) is 0 Å². The van der Waals surface area contributed by atoms with E-state index < -0.39 is 5.97 Å². The summed E-state index contributed by atoms with van der Waals surface area (Å²) in [6.07, 6.45) is 2.15. The lowest BCUT2D eigenvalue weighted by Gasteiger charge is -2.11. The second-order valence-corrected chi connectivity index (χ2v) is 2.73. The molecule has 0 bridgehead atoms. The average Bonchev–Trinajstić information content (AvgIpc) is 2.10. The van der Waals surface area contributed by atoms with E-state index in [9.17, 15) is 9.59 Å². The molecule has 74 valence electrons. The number of carboxylic acid groups (broad SMARTS) is 1. The number of hydrogen-bond acceptors (Lipinski definition) is 3. The minimum atomic E-state index is -0.943. The first kappa shape index (κ1) is 11.8. The van der Waals surface area contributed by atoms with Gasteiger partial charge in [-0.3, -0.25) is 9.59 Å². The molecule has 0 heterocycles. The molecule has 0 aliphatic carbocycles. The Morgan fingerprint density at radius 2 is 2.15 bits per heavy atom. The highest BCUT2D eigenvalue weighted by atomic mass is 16.4. The maximum absolute atomic E-state index is 11.3. The SMILES string of the molecule is C=CCC(NC)C(=O)CCC(=O)O. The van der Waals surface area contributed by atoms with Crippen molar-refractivity contribution in [1.29, 1.82) is 0 Å². The molecule has 0 aromatic rings. The summed E-state index contributed by atoms with van der Waals surface area (Å²) in [5.74, 6) is -1.02. The van der Waals surface area contributed by atoms with Crippen molar-refractivity contribution in [2.24, 2.45) is 0 Å². The van der Waals surface area contributed by atoms with Crippen molar-refractivity contribution in [3.05, 3.63) is 12.7 Å². The zero-order chi connectivity index (χ0) is 10.3. The fourth-order valence-electron chi connectivity index (χ4n) is 0.981. The summed E-state index contributed by atoms with van der Waals surface area (Å²) in [6, 6.07) is -0.295. The lowest BCUT2D eigenvalue weighted by atomic mass is 10.1. The molecule has 0 radical (unpaired) electrons. The van der Waals surface area contributed by atoms with Gasteiger partial charge in [0.25, 0.3) is 0 Å². The van der Waals surface area contributed by atoms with Gasteiger partial charge in [-0.1, -0.05) is 6.08 Å². The number of aliphatic carboxylic acids is 1. The van der Waals surface area contributed by atoms with Crippen molar-refractivity contribution in [2.75, 3.05) is 7.05 Å². The average molecular weight is 185 g/mol. The molecule has 4 nitrogen and oxygen atoms in total. The molecule has 1 unspecified atom stereocenters. The van der Waals surface area contributed by atoms with Crippen molar-refractivity contribution in [1.82, 2.24) is 5.32 Å². The van der Waals surface area contributed by atoms with Gasteiger partial charge in [0.1, 0.15) is 0 Å². The first-order valence-electron chi connectivity index (χ1n) is 4.14. The topological polar surface area (TPSA) is 66.4 Å². The Morgan fingerprint density at radius 1 is 1.54 bits per heavy atom. The molecule has 2 N–H and O–H groups in total. The summed E-state index contributed by atoms with van der Waals surface area (Å²) in [6.45, 7) is 3.52. The Labute approximate surface area is 77.6 Å². The quantitative estimate of drug-likeness (QED) is 0.569. The number of likely N-dealkylation sites (N-methyl/N-ethyl adjacent to an activating group) is 1. The molecule has 0 aromatic heterocycles. The minimum Gasteiger partial charge on any atom is -0.481 e. The van der Waals surface area contributed by atoms with Crippen molar-refractivity contribution < 1.29 is 14.7 Å². The molecular weight excluding hydrogens is 170 g/mol. The van der Waals surface area contributed by atoms with Gasteiger partial charge in [0.2, 0.25) is 0 Å². The minimum absolute atomic E-state index is 0.0781. The van der Waals surface area contributed by atoms with Crippen LogP contribution in [0.2, 0.25) is 0 Å². The van der Waals surface area contributed by atoms with Crippen LogP contribution in [0.5, 0.6) is 0 Å². The second-order valence-electron chi connectivity index (χ2n) is 2.73. The van der Waals surface area contributed by atoms with Gasteiger partial charge in [0.15, 0.2) is 5.78 Å². The zero-order valence-electron chi connectivity index (χ0n) is 7.75. The molecule has 0 saturated heterocycles. The maximum Gasteiger partial charge on any atom is 0.303 e. The second kappa shape index (κ2) is 6.37. The Morgan fingerprint density at radius 3 is 2.54 bits per heavy atom. The number of Topliss-reactive ketones (excluding diaryl/α,β-unsaturated/α-hetero) is 1. The number of rotatable bonds is 7. The summed E-state index contributed by atoms with van der Waals surface area (Å²) >= 11 is 0. The summed E-state index contributed by atoms with van der Waals surface area (Å²) in [5.41, 5.74) is 0. The van der Waals surface area contributed by atoms with E-state index in [2.05, 4.69) is 11.9 Å². The summed E-state index contributed by atoms with van der Waals surface area (Å²) in [7, 11) is 1.67. The standard InChI is InChI=1S/C9H15NO3/c1-3-4-7(10-2)8(11)5-6-9(12)13/h3,7,10H,1,4-6H2,2H3,(H,12,13). The van der Waals surface area contributed by atoms with Gasteiger partial charge in [0.05, 0.1) is 12.5 Å². The Hall–Kier alpha value is -1.16. The van der Waals surface area contributed by atoms with E-state index in [0.29, 0.717) is 6.42 Å². The van der Waals surface area contributed by atoms with Gasteiger partial charge in [-0.05, 0) is 13.5 Å². The summed E-state index contributed by atoms with van der Waals surface area (Å²) in [4.78, 5) is 21.5. The highest BCUT2D eigenvalue weighted by Crippen LogP contribution is 2.00. The van der Waals surface area contributed by atoms with Gasteiger partial charge in [-0.15, -0.1) is 6.58 Å². The van der Waals surface area contributed by atoms with Gasteiger partial charge in [-0.2, -0.15) is 0 Å². The molecule has 0 amide bonds. The molecule has 0 aliphatic heterocycles. The van der Waals surface area contributed by atoms with E-state index >= 15 is 0 Å². The Bertz CT molecular complexity index is 201. The number of ketones is 1. The van der Waals surface area contributed by atoms with Crippen molar-refractivity contribution >= 4 is 11.8 Å². The maximum atomic E-state index is 11.3. The number of hydrogen-bond donors (Lipinski definition) is 2. The van der Waals surface area contributed by atoms with E-state index in [4.69, 9.17) is 5.11 Å². The Kier molecular flexibility index (Phi) is 5.80. The fourth-order valence-corrected chi connectivity index (χ4v) is 0.981. The Balaban J connectivity index is 3.90. The fraction of sp³-hybridized carbons (Fsp3) is 0.556. The van der Waals surface area contributed by atoms with E-state index in [1.807, 2.05) is 0 Å². The van der Waals surface area contributed by atoms with Gasteiger partial charge < -0.3 is 10.4 Å². The molecule has 13 heavy (non-hydrogen) atoms. The third-order valence-corrected chi connectivity index (χ3v) is 1.72. The van der Waals surface area contributed by atoms with Gasteiger partial charge >= 0.3 is 5.97 Å². The van der Waals surface area contributed by atoms with E-state index in [-0.39, 0.29) is 24.7 Å². The van der Waals surface area contributed by atoms with Gasteiger partial charge in [-0.25, -0.2) is 0 Å². The number of carboxylic acids is 1. The molecule has 4 heteroatoms. The highest BCUT2D eigenvalue weighted by molar-refractivity contribution is 5.86. The molecule has 0 aromatic carbocycles. The monoisotopic (exact) mass is 185 g/mol. The third kappa shape index (κ3) is 5.14. The van der Waals surface area contributed by atoms with E-state index in [0.717, 1.165) is 0 Å². The number of carbonyl (C=O) groups excluding carboxylic acids is 1. The predicted molar refractivity (Wildman–Crippen MR) is 49.5 cm³/mol. The van der Waals surface area contributed by atoms with Crippen LogP contribution in [-0.4, -0.2) is 29.9 Å². The van der Waals surface area contributed by atoms with Crippen LogP contribution in [-0.2, 0) is 9.59 Å². The van der Waals surface area contributed by atoms with Crippen LogP contribution in [0.1, 0.15) is 19.3 Å².